The van der Waals surface area contributed by atoms with E-state index in [-0.39, 0.29) is 5.41 Å². The molecule has 0 unspecified atom stereocenters. The van der Waals surface area contributed by atoms with Gasteiger partial charge >= 0.3 is 0 Å². The summed E-state index contributed by atoms with van der Waals surface area (Å²) < 4.78 is 0. The van der Waals surface area contributed by atoms with Crippen LogP contribution < -0.4 is 5.32 Å². The Balaban J connectivity index is 2.55. The molecule has 0 bridgehead atoms. The Bertz CT molecular complexity index is 391. The Morgan fingerprint density at radius 3 is 2.62 bits per heavy atom. The highest BCUT2D eigenvalue weighted by atomic mass is 14.9. The molecule has 1 aromatic heterocycles. The van der Waals surface area contributed by atoms with Crippen molar-refractivity contribution in [1.29, 1.82) is 0 Å². The molecule has 2 rings (SSSR count). The first-order valence-corrected chi connectivity index (χ1v) is 6.06. The maximum Gasteiger partial charge on any atom is 0.125 e. The number of nitrogens with zero attached hydrogens (tertiary/aromatic N) is 2. The van der Waals surface area contributed by atoms with Gasteiger partial charge in [0.1, 0.15) is 5.82 Å². The lowest BCUT2D eigenvalue weighted by molar-refractivity contribution is 0.548. The van der Waals surface area contributed by atoms with Crippen molar-refractivity contribution in [2.75, 3.05) is 6.54 Å². The predicted molar refractivity (Wildman–Crippen MR) is 65.5 cm³/mol. The summed E-state index contributed by atoms with van der Waals surface area (Å²) in [6, 6.07) is 0. The number of aryl methyl sites for hydroxylation is 2. The third-order valence-corrected chi connectivity index (χ3v) is 2.98. The number of hydrogen-bond donors (Lipinski definition) is 1. The Hall–Kier alpha value is -0.960. The molecule has 1 aromatic rings. The van der Waals surface area contributed by atoms with E-state index in [1.807, 2.05) is 6.92 Å². The zero-order valence-corrected chi connectivity index (χ0v) is 10.7. The average molecular weight is 219 g/mol. The Labute approximate surface area is 97.7 Å². The lowest BCUT2D eigenvalue weighted by Crippen LogP contribution is -2.22. The molecule has 1 N–H and O–H groups in total. The molecule has 2 heterocycles. The minimum absolute atomic E-state index is 0.101. The van der Waals surface area contributed by atoms with E-state index in [0.717, 1.165) is 25.3 Å². The van der Waals surface area contributed by atoms with Crippen LogP contribution in [0.4, 0.5) is 0 Å². The van der Waals surface area contributed by atoms with Crippen LogP contribution in [0.25, 0.3) is 0 Å². The van der Waals surface area contributed by atoms with Gasteiger partial charge in [0, 0.05) is 23.2 Å². The molecule has 16 heavy (non-hydrogen) atoms. The number of aromatic nitrogens is 2. The van der Waals surface area contributed by atoms with E-state index in [2.05, 4.69) is 36.1 Å². The first kappa shape index (κ1) is 11.5. The molecule has 0 fully saturated rings. The van der Waals surface area contributed by atoms with Crippen LogP contribution in [-0.2, 0) is 18.4 Å². The van der Waals surface area contributed by atoms with Crippen molar-refractivity contribution >= 4 is 0 Å². The molecule has 3 heteroatoms. The molecule has 0 amide bonds. The smallest absolute Gasteiger partial charge is 0.125 e. The molecular weight excluding hydrogens is 198 g/mol. The molecule has 0 radical (unpaired) electrons. The summed E-state index contributed by atoms with van der Waals surface area (Å²) in [5.74, 6) is 0.908. The lowest BCUT2D eigenvalue weighted by atomic mass is 9.87. The minimum Gasteiger partial charge on any atom is -0.313 e. The Kier molecular flexibility index (Phi) is 2.98. The van der Waals surface area contributed by atoms with Crippen molar-refractivity contribution in [1.82, 2.24) is 15.3 Å². The molecule has 88 valence electrons. The third-order valence-electron chi connectivity index (χ3n) is 2.98. The number of fused-ring (bicyclic) bond motifs is 1. The topological polar surface area (TPSA) is 37.8 Å². The maximum atomic E-state index is 4.65. The second-order valence-corrected chi connectivity index (χ2v) is 5.58. The van der Waals surface area contributed by atoms with Gasteiger partial charge in [0.2, 0.25) is 0 Å². The molecule has 0 aromatic carbocycles. The molecular formula is C13H21N3. The first-order chi connectivity index (χ1) is 7.48. The Morgan fingerprint density at radius 2 is 1.94 bits per heavy atom. The van der Waals surface area contributed by atoms with E-state index < -0.39 is 0 Å². The molecule has 0 atom stereocenters. The standard InChI is InChI=1S/C13H21N3/c1-9-15-11-6-5-7-14-8-10(11)12(16-9)13(2,3)4/h14H,5-8H2,1-4H3. The van der Waals surface area contributed by atoms with Crippen LogP contribution in [0, 0.1) is 6.92 Å². The van der Waals surface area contributed by atoms with Gasteiger partial charge in [-0.2, -0.15) is 0 Å². The van der Waals surface area contributed by atoms with E-state index in [0.29, 0.717) is 0 Å². The van der Waals surface area contributed by atoms with Crippen LogP contribution in [0.5, 0.6) is 0 Å². The zero-order chi connectivity index (χ0) is 11.8. The van der Waals surface area contributed by atoms with E-state index in [1.54, 1.807) is 0 Å². The second-order valence-electron chi connectivity index (χ2n) is 5.58. The second kappa shape index (κ2) is 4.13. The van der Waals surface area contributed by atoms with Gasteiger partial charge in [-0.1, -0.05) is 20.8 Å². The van der Waals surface area contributed by atoms with Gasteiger partial charge in [-0.15, -0.1) is 0 Å². The van der Waals surface area contributed by atoms with Gasteiger partial charge in [0.15, 0.2) is 0 Å². The van der Waals surface area contributed by atoms with Crippen molar-refractivity contribution in [2.45, 2.75) is 52.5 Å². The van der Waals surface area contributed by atoms with Gasteiger partial charge in [-0.3, -0.25) is 0 Å². The number of nitrogens with one attached hydrogen (secondary N) is 1. The van der Waals surface area contributed by atoms with Crippen LogP contribution >= 0.6 is 0 Å². The van der Waals surface area contributed by atoms with Gasteiger partial charge in [-0.25, -0.2) is 9.97 Å². The van der Waals surface area contributed by atoms with Crippen LogP contribution in [0.2, 0.25) is 0 Å². The van der Waals surface area contributed by atoms with E-state index in [1.165, 1.54) is 23.4 Å². The van der Waals surface area contributed by atoms with Crippen molar-refractivity contribution in [3.63, 3.8) is 0 Å². The molecule has 3 nitrogen and oxygen atoms in total. The van der Waals surface area contributed by atoms with Crippen molar-refractivity contribution in [2.24, 2.45) is 0 Å². The largest absolute Gasteiger partial charge is 0.313 e. The summed E-state index contributed by atoms with van der Waals surface area (Å²) in [4.78, 5) is 9.25. The highest BCUT2D eigenvalue weighted by molar-refractivity contribution is 5.31. The Morgan fingerprint density at radius 1 is 1.19 bits per heavy atom. The van der Waals surface area contributed by atoms with Crippen LogP contribution in [0.15, 0.2) is 0 Å². The van der Waals surface area contributed by atoms with Crippen LogP contribution in [0.1, 0.15) is 50.0 Å². The molecule has 0 spiro atoms. The van der Waals surface area contributed by atoms with Gasteiger partial charge < -0.3 is 5.32 Å². The summed E-state index contributed by atoms with van der Waals surface area (Å²) in [6.45, 7) is 10.7. The molecule has 0 aliphatic carbocycles. The highest BCUT2D eigenvalue weighted by Gasteiger charge is 2.24. The molecule has 0 saturated carbocycles. The SMILES string of the molecule is Cc1nc2c(c(C(C)(C)C)n1)CNCCC2. The van der Waals surface area contributed by atoms with E-state index in [4.69, 9.17) is 0 Å². The van der Waals surface area contributed by atoms with Crippen molar-refractivity contribution in [3.05, 3.63) is 22.8 Å². The minimum atomic E-state index is 0.101. The van der Waals surface area contributed by atoms with Crippen LogP contribution in [0.3, 0.4) is 0 Å². The van der Waals surface area contributed by atoms with Gasteiger partial charge in [-0.05, 0) is 26.3 Å². The maximum absolute atomic E-state index is 4.65. The molecule has 0 saturated heterocycles. The van der Waals surface area contributed by atoms with Gasteiger partial charge in [0.05, 0.1) is 5.69 Å². The first-order valence-electron chi connectivity index (χ1n) is 6.06. The fraction of sp³-hybridized carbons (Fsp3) is 0.692. The summed E-state index contributed by atoms with van der Waals surface area (Å²) in [6.07, 6.45) is 2.25. The fourth-order valence-electron chi connectivity index (χ4n) is 2.26. The lowest BCUT2D eigenvalue weighted by Gasteiger charge is -2.23. The van der Waals surface area contributed by atoms with E-state index >= 15 is 0 Å². The summed E-state index contributed by atoms with van der Waals surface area (Å²) in [7, 11) is 0. The normalized spacial score (nSPS) is 16.8. The monoisotopic (exact) mass is 219 g/mol. The van der Waals surface area contributed by atoms with Crippen LogP contribution in [-0.4, -0.2) is 16.5 Å². The summed E-state index contributed by atoms with van der Waals surface area (Å²) in [5, 5.41) is 3.46. The quantitative estimate of drug-likeness (QED) is 0.726. The van der Waals surface area contributed by atoms with Gasteiger partial charge in [0.25, 0.3) is 0 Å². The van der Waals surface area contributed by atoms with E-state index in [9.17, 15) is 0 Å². The fourth-order valence-corrected chi connectivity index (χ4v) is 2.26. The molecule has 1 aliphatic heterocycles. The molecule has 1 aliphatic rings. The summed E-state index contributed by atoms with van der Waals surface area (Å²) in [5.41, 5.74) is 3.89. The average Bonchev–Trinajstić information content (AvgIpc) is 2.39. The zero-order valence-electron chi connectivity index (χ0n) is 10.7. The third kappa shape index (κ3) is 2.24. The van der Waals surface area contributed by atoms with Crippen molar-refractivity contribution in [3.8, 4) is 0 Å². The predicted octanol–water partition coefficient (Wildman–Crippen LogP) is 2.12. The number of rotatable bonds is 0. The highest BCUT2D eigenvalue weighted by Crippen LogP contribution is 2.27. The summed E-state index contributed by atoms with van der Waals surface area (Å²) >= 11 is 0. The number of hydrogen-bond acceptors (Lipinski definition) is 3. The van der Waals surface area contributed by atoms with Crippen molar-refractivity contribution < 1.29 is 0 Å².